The van der Waals surface area contributed by atoms with Crippen molar-refractivity contribution in [3.63, 3.8) is 0 Å². The Morgan fingerprint density at radius 1 is 1.15 bits per heavy atom. The molecule has 0 aromatic heterocycles. The predicted octanol–water partition coefficient (Wildman–Crippen LogP) is 4.27. The smallest absolute Gasteiger partial charge is 0.319 e. The molecule has 0 radical (unpaired) electrons. The van der Waals surface area contributed by atoms with Crippen molar-refractivity contribution in [3.8, 4) is 5.75 Å². The minimum atomic E-state index is -0.678. The number of allylic oxidation sites excluding steroid dienone is 1. The average Bonchev–Trinajstić information content (AvgIpc) is 2.63. The van der Waals surface area contributed by atoms with Crippen molar-refractivity contribution in [2.75, 3.05) is 12.4 Å². The number of nitrogens with one attached hydrogen (secondary N) is 3. The molecule has 8 heteroatoms. The Morgan fingerprint density at radius 3 is 2.59 bits per heavy atom. The van der Waals surface area contributed by atoms with Gasteiger partial charge in [-0.2, -0.15) is 0 Å². The molecule has 1 atom stereocenters. The van der Waals surface area contributed by atoms with E-state index in [9.17, 15) is 9.59 Å². The van der Waals surface area contributed by atoms with Crippen LogP contribution in [0, 0.1) is 0 Å². The lowest BCUT2D eigenvalue weighted by atomic mass is 9.95. The lowest BCUT2D eigenvalue weighted by Gasteiger charge is -2.29. The second-order valence-electron chi connectivity index (χ2n) is 5.90. The van der Waals surface area contributed by atoms with Gasteiger partial charge in [0.2, 0.25) is 0 Å². The fraction of sp³-hybridized carbons (Fsp3) is 0.158. The SMILES string of the molecule is COc1ccccc1NC(=O)C1=C(C)NC(=O)NC1c1ccc(Cl)c(Cl)c1. The molecule has 27 heavy (non-hydrogen) atoms. The molecule has 3 N–H and O–H groups in total. The summed E-state index contributed by atoms with van der Waals surface area (Å²) < 4.78 is 5.27. The van der Waals surface area contributed by atoms with Gasteiger partial charge in [-0.25, -0.2) is 4.79 Å². The quantitative estimate of drug-likeness (QED) is 0.710. The van der Waals surface area contributed by atoms with Crippen molar-refractivity contribution in [1.29, 1.82) is 0 Å². The maximum absolute atomic E-state index is 13.0. The van der Waals surface area contributed by atoms with E-state index in [0.29, 0.717) is 38.3 Å². The normalized spacial score (nSPS) is 16.4. The molecule has 2 aromatic rings. The molecule has 1 heterocycles. The zero-order valence-electron chi connectivity index (χ0n) is 14.6. The topological polar surface area (TPSA) is 79.5 Å². The van der Waals surface area contributed by atoms with Gasteiger partial charge in [0.05, 0.1) is 34.5 Å². The van der Waals surface area contributed by atoms with Crippen LogP contribution in [0.15, 0.2) is 53.7 Å². The monoisotopic (exact) mass is 405 g/mol. The zero-order chi connectivity index (χ0) is 19.6. The number of benzene rings is 2. The summed E-state index contributed by atoms with van der Waals surface area (Å²) in [6.07, 6.45) is 0. The number of halogens is 2. The van der Waals surface area contributed by atoms with Crippen LogP contribution in [0.4, 0.5) is 10.5 Å². The van der Waals surface area contributed by atoms with Crippen molar-refractivity contribution >= 4 is 40.8 Å². The van der Waals surface area contributed by atoms with Crippen LogP contribution in [0.25, 0.3) is 0 Å². The minimum absolute atomic E-state index is 0.337. The maximum Gasteiger partial charge on any atom is 0.319 e. The average molecular weight is 406 g/mol. The molecular weight excluding hydrogens is 389 g/mol. The van der Waals surface area contributed by atoms with Gasteiger partial charge < -0.3 is 20.7 Å². The highest BCUT2D eigenvalue weighted by atomic mass is 35.5. The molecule has 0 fully saturated rings. The molecule has 3 amide bonds. The standard InChI is InChI=1S/C19H17Cl2N3O3/c1-10-16(18(25)23-14-5-3-4-6-15(14)27-2)17(24-19(26)22-10)11-7-8-12(20)13(21)9-11/h3-9,17H,1-2H3,(H,23,25)(H2,22,24,26). The Bertz CT molecular complexity index is 944. The van der Waals surface area contributed by atoms with Gasteiger partial charge in [0.15, 0.2) is 0 Å². The van der Waals surface area contributed by atoms with Crippen LogP contribution < -0.4 is 20.7 Å². The largest absolute Gasteiger partial charge is 0.495 e. The highest BCUT2D eigenvalue weighted by Gasteiger charge is 2.31. The number of para-hydroxylation sites is 2. The van der Waals surface area contributed by atoms with E-state index in [4.69, 9.17) is 27.9 Å². The van der Waals surface area contributed by atoms with Crippen molar-refractivity contribution in [2.45, 2.75) is 13.0 Å². The molecule has 0 saturated carbocycles. The van der Waals surface area contributed by atoms with Gasteiger partial charge in [0.25, 0.3) is 5.91 Å². The number of carbonyl (C=O) groups is 2. The van der Waals surface area contributed by atoms with Crippen molar-refractivity contribution in [1.82, 2.24) is 10.6 Å². The van der Waals surface area contributed by atoms with Crippen molar-refractivity contribution < 1.29 is 14.3 Å². The Balaban J connectivity index is 1.98. The summed E-state index contributed by atoms with van der Waals surface area (Å²) in [4.78, 5) is 25.0. The third-order valence-corrected chi connectivity index (χ3v) is 4.88. The number of hydrogen-bond acceptors (Lipinski definition) is 3. The van der Waals surface area contributed by atoms with E-state index in [-0.39, 0.29) is 5.91 Å². The first-order valence-electron chi connectivity index (χ1n) is 8.08. The predicted molar refractivity (Wildman–Crippen MR) is 105 cm³/mol. The highest BCUT2D eigenvalue weighted by Crippen LogP contribution is 2.32. The number of hydrogen-bond donors (Lipinski definition) is 3. The Morgan fingerprint density at radius 2 is 1.89 bits per heavy atom. The van der Waals surface area contributed by atoms with Crippen molar-refractivity contribution in [2.24, 2.45) is 0 Å². The zero-order valence-corrected chi connectivity index (χ0v) is 16.1. The van der Waals surface area contributed by atoms with E-state index < -0.39 is 12.1 Å². The molecule has 140 valence electrons. The van der Waals surface area contributed by atoms with Crippen LogP contribution in [0.1, 0.15) is 18.5 Å². The number of urea groups is 1. The van der Waals surface area contributed by atoms with Crippen LogP contribution in [0.5, 0.6) is 5.75 Å². The fourth-order valence-electron chi connectivity index (χ4n) is 2.87. The molecule has 0 saturated heterocycles. The maximum atomic E-state index is 13.0. The van der Waals surface area contributed by atoms with Crippen LogP contribution in [-0.2, 0) is 4.79 Å². The van der Waals surface area contributed by atoms with E-state index in [1.807, 2.05) is 0 Å². The second-order valence-corrected chi connectivity index (χ2v) is 6.71. The summed E-state index contributed by atoms with van der Waals surface area (Å²) >= 11 is 12.1. The summed E-state index contributed by atoms with van der Waals surface area (Å²) in [6, 6.07) is 11.0. The molecule has 1 aliphatic heterocycles. The Kier molecular flexibility index (Phi) is 5.58. The lowest BCUT2D eigenvalue weighted by Crippen LogP contribution is -2.46. The van der Waals surface area contributed by atoms with Gasteiger partial charge in [0.1, 0.15) is 5.75 Å². The number of amides is 3. The first-order valence-corrected chi connectivity index (χ1v) is 8.84. The summed E-state index contributed by atoms with van der Waals surface area (Å²) in [7, 11) is 1.52. The fourth-order valence-corrected chi connectivity index (χ4v) is 3.18. The van der Waals surface area contributed by atoms with E-state index >= 15 is 0 Å². The molecule has 0 aliphatic carbocycles. The summed E-state index contributed by atoms with van der Waals surface area (Å²) in [6.45, 7) is 1.67. The molecule has 3 rings (SSSR count). The molecule has 0 bridgehead atoms. The first kappa shape index (κ1) is 19.1. The van der Waals surface area contributed by atoms with Crippen LogP contribution >= 0.6 is 23.2 Å². The molecular formula is C19H17Cl2N3O3. The third-order valence-electron chi connectivity index (χ3n) is 4.15. The lowest BCUT2D eigenvalue weighted by molar-refractivity contribution is -0.113. The Labute approximate surface area is 166 Å². The molecule has 0 spiro atoms. The van der Waals surface area contributed by atoms with Gasteiger partial charge in [-0.15, -0.1) is 0 Å². The number of methoxy groups -OCH3 is 1. The van der Waals surface area contributed by atoms with Crippen LogP contribution in [-0.4, -0.2) is 19.0 Å². The van der Waals surface area contributed by atoms with Crippen LogP contribution in [0.3, 0.4) is 0 Å². The first-order chi connectivity index (χ1) is 12.9. The molecule has 1 aliphatic rings. The number of anilines is 1. The molecule has 2 aromatic carbocycles. The molecule has 1 unspecified atom stereocenters. The third kappa shape index (κ3) is 4.02. The van der Waals surface area contributed by atoms with Gasteiger partial charge in [-0.1, -0.05) is 41.4 Å². The summed E-state index contributed by atoms with van der Waals surface area (Å²) in [5.41, 5.74) is 1.97. The number of carbonyl (C=O) groups excluding carboxylic acids is 2. The minimum Gasteiger partial charge on any atom is -0.495 e. The van der Waals surface area contributed by atoms with Gasteiger partial charge in [0, 0.05) is 5.70 Å². The van der Waals surface area contributed by atoms with Crippen molar-refractivity contribution in [3.05, 3.63) is 69.3 Å². The Hall–Kier alpha value is -2.70. The van der Waals surface area contributed by atoms with E-state index in [0.717, 1.165) is 0 Å². The van der Waals surface area contributed by atoms with Gasteiger partial charge in [-0.05, 0) is 36.8 Å². The van der Waals surface area contributed by atoms with Gasteiger partial charge in [-0.3, -0.25) is 4.79 Å². The number of rotatable bonds is 4. The summed E-state index contributed by atoms with van der Waals surface area (Å²) in [5, 5.41) is 8.94. The van der Waals surface area contributed by atoms with E-state index in [1.165, 1.54) is 7.11 Å². The second kappa shape index (κ2) is 7.90. The number of ether oxygens (including phenoxy) is 1. The van der Waals surface area contributed by atoms with Crippen LogP contribution in [0.2, 0.25) is 10.0 Å². The highest BCUT2D eigenvalue weighted by molar-refractivity contribution is 6.42. The van der Waals surface area contributed by atoms with E-state index in [2.05, 4.69) is 16.0 Å². The summed E-state index contributed by atoms with van der Waals surface area (Å²) in [5.74, 6) is 0.156. The van der Waals surface area contributed by atoms with E-state index in [1.54, 1.807) is 49.4 Å². The molecule has 6 nitrogen and oxygen atoms in total. The van der Waals surface area contributed by atoms with Gasteiger partial charge >= 0.3 is 6.03 Å².